The third-order valence-electron chi connectivity index (χ3n) is 3.31. The molecule has 0 aliphatic heterocycles. The van der Waals surface area contributed by atoms with Crippen LogP contribution in [0.5, 0.6) is 5.75 Å². The van der Waals surface area contributed by atoms with Crippen LogP contribution in [0.3, 0.4) is 0 Å². The molecule has 0 aliphatic rings. The molecule has 0 saturated carbocycles. The van der Waals surface area contributed by atoms with Gasteiger partial charge in [-0.3, -0.25) is 4.79 Å². The summed E-state index contributed by atoms with van der Waals surface area (Å²) in [5.41, 5.74) is 1.52. The van der Waals surface area contributed by atoms with E-state index >= 15 is 0 Å². The third kappa shape index (κ3) is 2.67. The maximum atomic E-state index is 12.0. The summed E-state index contributed by atoms with van der Waals surface area (Å²) < 4.78 is 6.00. The Bertz CT molecular complexity index is 871. The number of nitrogens with one attached hydrogen (secondary N) is 1. The smallest absolute Gasteiger partial charge is 0.268 e. The van der Waals surface area contributed by atoms with Gasteiger partial charge in [0.1, 0.15) is 10.5 Å². The van der Waals surface area contributed by atoms with E-state index in [0.717, 1.165) is 17.0 Å². The molecule has 0 aliphatic carbocycles. The molecule has 3 aromatic rings. The molecular weight excluding hydrogens is 300 g/mol. The molecule has 0 spiro atoms. The summed E-state index contributed by atoms with van der Waals surface area (Å²) in [4.78, 5) is 25.7. The van der Waals surface area contributed by atoms with Crippen LogP contribution < -0.4 is 15.2 Å². The summed E-state index contributed by atoms with van der Waals surface area (Å²) in [6.45, 7) is 2.36. The monoisotopic (exact) mass is 316 g/mol. The number of nitrogens with zero attached hydrogens (tertiary/aromatic N) is 3. The van der Waals surface area contributed by atoms with Crippen LogP contribution in [0.4, 0.5) is 5.82 Å². The topological polar surface area (TPSA) is 71.1 Å². The number of ether oxygens (including phenoxy) is 1. The molecule has 1 N–H and O–H groups in total. The van der Waals surface area contributed by atoms with Crippen LogP contribution >= 0.6 is 11.3 Å². The van der Waals surface area contributed by atoms with Crippen LogP contribution in [-0.2, 0) is 6.54 Å². The lowest BCUT2D eigenvalue weighted by Crippen LogP contribution is -2.22. The first-order valence-electron chi connectivity index (χ1n) is 6.77. The summed E-state index contributed by atoms with van der Waals surface area (Å²) in [5.74, 6) is 2.01. The van der Waals surface area contributed by atoms with Gasteiger partial charge in [-0.05, 0) is 30.5 Å². The lowest BCUT2D eigenvalue weighted by Gasteiger charge is -2.20. The maximum Gasteiger partial charge on any atom is 0.268 e. The second kappa shape index (κ2) is 5.76. The Morgan fingerprint density at radius 3 is 2.91 bits per heavy atom. The second-order valence-corrected chi connectivity index (χ2v) is 5.90. The Balaban J connectivity index is 1.94. The first kappa shape index (κ1) is 14.5. The van der Waals surface area contributed by atoms with Crippen LogP contribution in [0.1, 0.15) is 11.5 Å². The van der Waals surface area contributed by atoms with Gasteiger partial charge in [0, 0.05) is 12.7 Å². The Morgan fingerprint density at radius 1 is 1.32 bits per heavy atom. The number of rotatable bonds is 4. The molecule has 0 aromatic carbocycles. The zero-order chi connectivity index (χ0) is 15.7. The van der Waals surface area contributed by atoms with E-state index in [1.165, 1.54) is 11.3 Å². The molecule has 0 saturated heterocycles. The van der Waals surface area contributed by atoms with Crippen molar-refractivity contribution in [3.63, 3.8) is 0 Å². The van der Waals surface area contributed by atoms with Crippen LogP contribution in [0.15, 0.2) is 28.4 Å². The number of aryl methyl sites for hydroxylation is 1. The van der Waals surface area contributed by atoms with Crippen molar-refractivity contribution in [2.24, 2.45) is 0 Å². The molecule has 0 unspecified atom stereocenters. The van der Waals surface area contributed by atoms with Gasteiger partial charge >= 0.3 is 0 Å². The Labute approximate surface area is 131 Å². The predicted molar refractivity (Wildman–Crippen MR) is 87.9 cm³/mol. The molecule has 3 heterocycles. The number of anilines is 1. The summed E-state index contributed by atoms with van der Waals surface area (Å²) in [6, 6.07) is 5.63. The minimum Gasteiger partial charge on any atom is -0.493 e. The molecule has 3 rings (SSSR count). The highest BCUT2D eigenvalue weighted by atomic mass is 32.1. The molecule has 0 fully saturated rings. The number of hydrogen-bond acceptors (Lipinski definition) is 6. The molecule has 0 bridgehead atoms. The van der Waals surface area contributed by atoms with Crippen molar-refractivity contribution in [2.75, 3.05) is 19.1 Å². The Kier molecular flexibility index (Phi) is 3.81. The maximum absolute atomic E-state index is 12.0. The standard InChI is InChI=1S/C15H16N4O2S/c1-9-4-5-11(21-3)14(16-9)19(2)8-12-17-10-6-7-22-13(10)15(20)18-12/h4-7H,8H2,1-3H3,(H,17,18,20). The van der Waals surface area contributed by atoms with Crippen molar-refractivity contribution in [1.29, 1.82) is 0 Å². The Hall–Kier alpha value is -2.41. The van der Waals surface area contributed by atoms with Gasteiger partial charge in [-0.2, -0.15) is 0 Å². The Morgan fingerprint density at radius 2 is 2.14 bits per heavy atom. The van der Waals surface area contributed by atoms with E-state index in [0.29, 0.717) is 22.8 Å². The zero-order valence-corrected chi connectivity index (χ0v) is 13.4. The molecule has 0 radical (unpaired) electrons. The molecule has 0 atom stereocenters. The molecule has 3 aromatic heterocycles. The highest BCUT2D eigenvalue weighted by molar-refractivity contribution is 7.17. The molecular formula is C15H16N4O2S. The molecule has 22 heavy (non-hydrogen) atoms. The fourth-order valence-electron chi connectivity index (χ4n) is 2.26. The second-order valence-electron chi connectivity index (χ2n) is 4.98. The third-order valence-corrected chi connectivity index (χ3v) is 4.21. The number of thiophene rings is 1. The van der Waals surface area contributed by atoms with Crippen LogP contribution in [0.25, 0.3) is 10.2 Å². The van der Waals surface area contributed by atoms with Crippen molar-refractivity contribution >= 4 is 27.4 Å². The fourth-order valence-corrected chi connectivity index (χ4v) is 2.98. The van der Waals surface area contributed by atoms with Crippen LogP contribution in [-0.4, -0.2) is 29.1 Å². The lowest BCUT2D eigenvalue weighted by atomic mass is 10.3. The average molecular weight is 316 g/mol. The summed E-state index contributed by atoms with van der Waals surface area (Å²) in [6.07, 6.45) is 0. The van der Waals surface area contributed by atoms with Gasteiger partial charge in [0.05, 0.1) is 19.2 Å². The SMILES string of the molecule is COc1ccc(C)nc1N(C)Cc1nc2ccsc2c(=O)[nH]1. The van der Waals surface area contributed by atoms with Gasteiger partial charge in [0.25, 0.3) is 5.56 Å². The van der Waals surface area contributed by atoms with E-state index in [9.17, 15) is 4.79 Å². The van der Waals surface area contributed by atoms with Crippen LogP contribution in [0.2, 0.25) is 0 Å². The van der Waals surface area contributed by atoms with Crippen molar-refractivity contribution in [1.82, 2.24) is 15.0 Å². The largest absolute Gasteiger partial charge is 0.493 e. The number of hydrogen-bond donors (Lipinski definition) is 1. The van der Waals surface area contributed by atoms with E-state index in [1.54, 1.807) is 7.11 Å². The van der Waals surface area contributed by atoms with E-state index in [1.807, 2.05) is 42.5 Å². The molecule has 114 valence electrons. The molecule has 7 heteroatoms. The molecule has 0 amide bonds. The van der Waals surface area contributed by atoms with Crippen LogP contribution in [0, 0.1) is 6.92 Å². The number of aromatic amines is 1. The van der Waals surface area contributed by atoms with E-state index in [4.69, 9.17) is 4.74 Å². The summed E-state index contributed by atoms with van der Waals surface area (Å²) >= 11 is 1.39. The van der Waals surface area contributed by atoms with Gasteiger partial charge in [-0.25, -0.2) is 9.97 Å². The highest BCUT2D eigenvalue weighted by Gasteiger charge is 2.13. The number of aromatic nitrogens is 3. The van der Waals surface area contributed by atoms with Gasteiger partial charge in [0.15, 0.2) is 11.6 Å². The quantitative estimate of drug-likeness (QED) is 0.800. The van der Waals surface area contributed by atoms with Crippen molar-refractivity contribution in [3.8, 4) is 5.75 Å². The summed E-state index contributed by atoms with van der Waals surface area (Å²) in [5, 5.41) is 1.87. The van der Waals surface area contributed by atoms with Gasteiger partial charge < -0.3 is 14.6 Å². The van der Waals surface area contributed by atoms with E-state index < -0.39 is 0 Å². The number of methoxy groups -OCH3 is 1. The van der Waals surface area contributed by atoms with E-state index in [-0.39, 0.29) is 5.56 Å². The normalized spacial score (nSPS) is 10.9. The fraction of sp³-hybridized carbons (Fsp3) is 0.267. The number of fused-ring (bicyclic) bond motifs is 1. The highest BCUT2D eigenvalue weighted by Crippen LogP contribution is 2.26. The summed E-state index contributed by atoms with van der Waals surface area (Å²) in [7, 11) is 3.50. The van der Waals surface area contributed by atoms with Gasteiger partial charge in [-0.15, -0.1) is 11.3 Å². The average Bonchev–Trinajstić information content (AvgIpc) is 2.96. The predicted octanol–water partition coefficient (Wildman–Crippen LogP) is 2.33. The number of H-pyrrole nitrogens is 1. The molecule has 6 nitrogen and oxygen atoms in total. The van der Waals surface area contributed by atoms with Crippen molar-refractivity contribution in [3.05, 3.63) is 45.5 Å². The van der Waals surface area contributed by atoms with Gasteiger partial charge in [0.2, 0.25) is 0 Å². The first-order valence-corrected chi connectivity index (χ1v) is 7.65. The minimum absolute atomic E-state index is 0.104. The van der Waals surface area contributed by atoms with E-state index in [2.05, 4.69) is 15.0 Å². The van der Waals surface area contributed by atoms with Gasteiger partial charge in [-0.1, -0.05) is 0 Å². The van der Waals surface area contributed by atoms with Crippen molar-refractivity contribution < 1.29 is 4.74 Å². The lowest BCUT2D eigenvalue weighted by molar-refractivity contribution is 0.412. The zero-order valence-electron chi connectivity index (χ0n) is 12.6. The van der Waals surface area contributed by atoms with Crippen molar-refractivity contribution in [2.45, 2.75) is 13.5 Å². The number of pyridine rings is 1. The first-order chi connectivity index (χ1) is 10.6. The minimum atomic E-state index is -0.104.